The molecule has 0 saturated heterocycles. The number of hydrogen-bond acceptors (Lipinski definition) is 5. The fourth-order valence-corrected chi connectivity index (χ4v) is 1.59. The molecule has 7 nitrogen and oxygen atoms in total. The summed E-state index contributed by atoms with van der Waals surface area (Å²) in [5.74, 6) is -1.06. The lowest BCUT2D eigenvalue weighted by atomic mass is 10.3. The lowest BCUT2D eigenvalue weighted by Gasteiger charge is -2.12. The van der Waals surface area contributed by atoms with Gasteiger partial charge in [-0.05, 0) is 25.1 Å². The van der Waals surface area contributed by atoms with Crippen LogP contribution in [0.5, 0.6) is 5.75 Å². The molecule has 0 spiro atoms. The quantitative estimate of drug-likeness (QED) is 0.773. The van der Waals surface area contributed by atoms with Crippen molar-refractivity contribution >= 4 is 33.8 Å². The molecule has 1 rings (SSSR count). The molecule has 1 aromatic carbocycles. The minimum atomic E-state index is -1.14. The first-order valence-corrected chi connectivity index (χ1v) is 6.36. The molecule has 0 aliphatic carbocycles. The van der Waals surface area contributed by atoms with Crippen LogP contribution in [-0.4, -0.2) is 30.6 Å². The number of esters is 1. The summed E-state index contributed by atoms with van der Waals surface area (Å²) < 4.78 is 10.8. The Bertz CT molecular complexity index is 520. The van der Waals surface area contributed by atoms with Gasteiger partial charge in [0.2, 0.25) is 0 Å². The summed E-state index contributed by atoms with van der Waals surface area (Å²) >= 11 is 3.26. The van der Waals surface area contributed by atoms with Crippen molar-refractivity contribution in [2.45, 2.75) is 13.0 Å². The number of amides is 3. The van der Waals surface area contributed by atoms with E-state index in [2.05, 4.69) is 15.9 Å². The number of carbonyl (C=O) groups excluding carboxylic acids is 3. The van der Waals surface area contributed by atoms with E-state index in [0.717, 1.165) is 4.47 Å². The Morgan fingerprint density at radius 2 is 2.10 bits per heavy atom. The number of benzene rings is 1. The second-order valence-electron chi connectivity index (χ2n) is 3.73. The number of rotatable bonds is 5. The number of hydrogen-bond donors (Lipinski definition) is 2. The predicted molar refractivity (Wildman–Crippen MR) is 72.9 cm³/mol. The fraction of sp³-hybridized carbons (Fsp3) is 0.250. The van der Waals surface area contributed by atoms with Crippen molar-refractivity contribution in [1.29, 1.82) is 0 Å². The summed E-state index contributed by atoms with van der Waals surface area (Å²) in [6, 6.07) is 5.88. The zero-order valence-electron chi connectivity index (χ0n) is 10.6. The van der Waals surface area contributed by atoms with E-state index in [-0.39, 0.29) is 6.61 Å². The first-order valence-electron chi connectivity index (χ1n) is 5.56. The third kappa shape index (κ3) is 5.70. The van der Waals surface area contributed by atoms with Gasteiger partial charge in [0.1, 0.15) is 5.75 Å². The molecule has 0 aliphatic heterocycles. The van der Waals surface area contributed by atoms with Crippen LogP contribution in [0.3, 0.4) is 0 Å². The van der Waals surface area contributed by atoms with Crippen LogP contribution in [0.2, 0.25) is 0 Å². The van der Waals surface area contributed by atoms with Gasteiger partial charge in [-0.1, -0.05) is 22.0 Å². The number of carbonyl (C=O) groups is 3. The van der Waals surface area contributed by atoms with Crippen molar-refractivity contribution in [1.82, 2.24) is 5.32 Å². The molecule has 0 radical (unpaired) electrons. The standard InChI is InChI=1S/C12H13BrN2O5/c1-7(11(17)15-12(14)18)20-10(16)6-19-9-4-2-3-8(13)5-9/h2-5,7H,6H2,1H3,(H3,14,15,17,18)/t7-/m1/s1. The van der Waals surface area contributed by atoms with Gasteiger partial charge in [-0.2, -0.15) is 0 Å². The lowest BCUT2D eigenvalue weighted by molar-refractivity contribution is -0.156. The highest BCUT2D eigenvalue weighted by Gasteiger charge is 2.19. The van der Waals surface area contributed by atoms with Gasteiger partial charge in [-0.3, -0.25) is 10.1 Å². The molecule has 0 saturated carbocycles. The van der Waals surface area contributed by atoms with E-state index in [1.807, 2.05) is 0 Å². The summed E-state index contributed by atoms with van der Waals surface area (Å²) in [4.78, 5) is 33.2. The number of urea groups is 1. The highest BCUT2D eigenvalue weighted by atomic mass is 79.9. The van der Waals surface area contributed by atoms with Crippen LogP contribution in [-0.2, 0) is 14.3 Å². The number of primary amides is 1. The summed E-state index contributed by atoms with van der Waals surface area (Å²) in [6.07, 6.45) is -1.14. The summed E-state index contributed by atoms with van der Waals surface area (Å²) in [5.41, 5.74) is 4.77. The molecule has 0 aromatic heterocycles. The maximum atomic E-state index is 11.4. The van der Waals surface area contributed by atoms with Crippen LogP contribution in [0.15, 0.2) is 28.7 Å². The number of nitrogens with two attached hydrogens (primary N) is 1. The van der Waals surface area contributed by atoms with Gasteiger partial charge in [0, 0.05) is 4.47 Å². The van der Waals surface area contributed by atoms with Crippen molar-refractivity contribution in [2.75, 3.05) is 6.61 Å². The zero-order valence-corrected chi connectivity index (χ0v) is 12.2. The monoisotopic (exact) mass is 344 g/mol. The molecule has 0 heterocycles. The van der Waals surface area contributed by atoms with E-state index in [4.69, 9.17) is 15.2 Å². The van der Waals surface area contributed by atoms with E-state index >= 15 is 0 Å². The normalized spacial score (nSPS) is 11.3. The summed E-state index contributed by atoms with van der Waals surface area (Å²) in [6.45, 7) is 0.958. The van der Waals surface area contributed by atoms with Gasteiger partial charge in [-0.15, -0.1) is 0 Å². The van der Waals surface area contributed by atoms with Crippen molar-refractivity contribution in [3.8, 4) is 5.75 Å². The minimum Gasteiger partial charge on any atom is -0.482 e. The zero-order chi connectivity index (χ0) is 15.1. The number of halogens is 1. The van der Waals surface area contributed by atoms with Gasteiger partial charge in [-0.25, -0.2) is 9.59 Å². The van der Waals surface area contributed by atoms with Crippen LogP contribution in [0, 0.1) is 0 Å². The second kappa shape index (κ2) is 7.49. The highest BCUT2D eigenvalue weighted by molar-refractivity contribution is 9.10. The fourth-order valence-electron chi connectivity index (χ4n) is 1.21. The average Bonchev–Trinajstić information content (AvgIpc) is 2.35. The molecule has 0 bridgehead atoms. The van der Waals surface area contributed by atoms with Gasteiger partial charge in [0.15, 0.2) is 12.7 Å². The molecule has 0 aliphatic rings. The van der Waals surface area contributed by atoms with Crippen molar-refractivity contribution < 1.29 is 23.9 Å². The maximum Gasteiger partial charge on any atom is 0.344 e. The maximum absolute atomic E-state index is 11.4. The van der Waals surface area contributed by atoms with E-state index in [9.17, 15) is 14.4 Å². The van der Waals surface area contributed by atoms with Crippen molar-refractivity contribution in [3.05, 3.63) is 28.7 Å². The van der Waals surface area contributed by atoms with Gasteiger partial charge < -0.3 is 15.2 Å². The molecular formula is C12H13BrN2O5. The van der Waals surface area contributed by atoms with Gasteiger partial charge >= 0.3 is 12.0 Å². The van der Waals surface area contributed by atoms with Gasteiger partial charge in [0.05, 0.1) is 0 Å². The summed E-state index contributed by atoms with van der Waals surface area (Å²) in [7, 11) is 0. The van der Waals surface area contributed by atoms with E-state index in [1.165, 1.54) is 6.92 Å². The third-order valence-electron chi connectivity index (χ3n) is 2.08. The minimum absolute atomic E-state index is 0.357. The topological polar surface area (TPSA) is 108 Å². The smallest absolute Gasteiger partial charge is 0.344 e. The van der Waals surface area contributed by atoms with E-state index < -0.39 is 24.0 Å². The first kappa shape index (κ1) is 16.0. The predicted octanol–water partition coefficient (Wildman–Crippen LogP) is 0.954. The first-order chi connectivity index (χ1) is 9.38. The Morgan fingerprint density at radius 1 is 1.40 bits per heavy atom. The van der Waals surface area contributed by atoms with Crippen LogP contribution < -0.4 is 15.8 Å². The largest absolute Gasteiger partial charge is 0.482 e. The SMILES string of the molecule is C[C@@H](OC(=O)COc1cccc(Br)c1)C(=O)NC(N)=O. The van der Waals surface area contributed by atoms with Crippen LogP contribution in [0.25, 0.3) is 0 Å². The lowest BCUT2D eigenvalue weighted by Crippen LogP contribution is -2.42. The molecule has 20 heavy (non-hydrogen) atoms. The molecule has 0 unspecified atom stereocenters. The van der Waals surface area contributed by atoms with E-state index in [0.29, 0.717) is 5.75 Å². The Labute approximate surface area is 123 Å². The van der Waals surface area contributed by atoms with Crippen LogP contribution >= 0.6 is 15.9 Å². The van der Waals surface area contributed by atoms with Gasteiger partial charge in [0.25, 0.3) is 5.91 Å². The van der Waals surface area contributed by atoms with Crippen molar-refractivity contribution in [2.24, 2.45) is 5.73 Å². The Balaban J connectivity index is 2.40. The van der Waals surface area contributed by atoms with E-state index in [1.54, 1.807) is 29.6 Å². The number of imide groups is 1. The summed E-state index contributed by atoms with van der Waals surface area (Å²) in [5, 5.41) is 1.80. The highest BCUT2D eigenvalue weighted by Crippen LogP contribution is 2.17. The molecule has 3 amide bonds. The Hall–Kier alpha value is -2.09. The molecule has 108 valence electrons. The number of ether oxygens (including phenoxy) is 2. The molecule has 3 N–H and O–H groups in total. The van der Waals surface area contributed by atoms with Crippen LogP contribution in [0.1, 0.15) is 6.92 Å². The Kier molecular flexibility index (Phi) is 5.98. The Morgan fingerprint density at radius 3 is 2.70 bits per heavy atom. The van der Waals surface area contributed by atoms with Crippen LogP contribution in [0.4, 0.5) is 4.79 Å². The number of nitrogens with one attached hydrogen (secondary N) is 1. The average molecular weight is 345 g/mol. The molecule has 1 atom stereocenters. The molecule has 1 aromatic rings. The molecule has 0 fully saturated rings. The molecular weight excluding hydrogens is 332 g/mol. The molecule has 8 heteroatoms. The second-order valence-corrected chi connectivity index (χ2v) is 4.65. The third-order valence-corrected chi connectivity index (χ3v) is 2.57. The van der Waals surface area contributed by atoms with Crippen molar-refractivity contribution in [3.63, 3.8) is 0 Å².